The topological polar surface area (TPSA) is 122 Å². The average molecular weight is 355 g/mol. The highest BCUT2D eigenvalue weighted by Gasteiger charge is 2.60. The van der Waals surface area contributed by atoms with E-state index in [1.54, 1.807) is 18.2 Å². The number of carboxylic acid groups (broad SMARTS) is 2. The van der Waals surface area contributed by atoms with E-state index in [1.807, 2.05) is 0 Å². The van der Waals surface area contributed by atoms with Crippen molar-refractivity contribution in [3.05, 3.63) is 28.8 Å². The highest BCUT2D eigenvalue weighted by molar-refractivity contribution is 6.30. The number of carbonyl (C=O) groups is 2. The zero-order valence-electron chi connectivity index (χ0n) is 13.1. The second kappa shape index (κ2) is 5.61. The molecule has 2 aliphatic heterocycles. The summed E-state index contributed by atoms with van der Waals surface area (Å²) < 4.78 is 5.96. The number of ether oxygens (including phenoxy) is 1. The molecular weight excluding hydrogens is 336 g/mol. The first-order valence-corrected chi connectivity index (χ1v) is 8.03. The van der Waals surface area contributed by atoms with Crippen LogP contribution in [-0.2, 0) is 9.59 Å². The van der Waals surface area contributed by atoms with Crippen molar-refractivity contribution in [1.82, 2.24) is 5.32 Å². The first-order valence-electron chi connectivity index (χ1n) is 7.65. The summed E-state index contributed by atoms with van der Waals surface area (Å²) in [7, 11) is 0. The van der Waals surface area contributed by atoms with Gasteiger partial charge in [-0.05, 0) is 25.1 Å². The van der Waals surface area contributed by atoms with Crippen molar-refractivity contribution < 1.29 is 24.5 Å². The molecule has 0 saturated carbocycles. The molecule has 2 heterocycles. The molecule has 2 aliphatic rings. The maximum atomic E-state index is 11.9. The number of hydrogen-bond donors (Lipinski definition) is 4. The minimum atomic E-state index is -2.06. The van der Waals surface area contributed by atoms with E-state index in [-0.39, 0.29) is 0 Å². The van der Waals surface area contributed by atoms with Gasteiger partial charge in [0.25, 0.3) is 0 Å². The molecule has 7 nitrogen and oxygen atoms in total. The van der Waals surface area contributed by atoms with Gasteiger partial charge in [-0.1, -0.05) is 11.6 Å². The van der Waals surface area contributed by atoms with Gasteiger partial charge in [0.15, 0.2) is 11.1 Å². The molecule has 130 valence electrons. The van der Waals surface area contributed by atoms with Gasteiger partial charge in [-0.2, -0.15) is 0 Å². The molecule has 8 heteroatoms. The summed E-state index contributed by atoms with van der Waals surface area (Å²) in [4.78, 5) is 23.8. The fourth-order valence-electron chi connectivity index (χ4n) is 3.77. The smallest absolute Gasteiger partial charge is 0.321 e. The van der Waals surface area contributed by atoms with Crippen LogP contribution in [-0.4, -0.2) is 41.0 Å². The van der Waals surface area contributed by atoms with E-state index in [4.69, 9.17) is 22.1 Å². The Balaban J connectivity index is 2.25. The third-order valence-electron chi connectivity index (χ3n) is 5.20. The second-order valence-corrected chi connectivity index (χ2v) is 7.03. The molecule has 3 rings (SSSR count). The van der Waals surface area contributed by atoms with Crippen LogP contribution in [0.1, 0.15) is 24.8 Å². The summed E-state index contributed by atoms with van der Waals surface area (Å²) in [5.41, 5.74) is 3.71. The number of carboxylic acids is 2. The van der Waals surface area contributed by atoms with Gasteiger partial charge in [0.1, 0.15) is 5.75 Å². The Morgan fingerprint density at radius 2 is 2.08 bits per heavy atom. The van der Waals surface area contributed by atoms with Crippen LogP contribution in [0.15, 0.2) is 18.2 Å². The maximum absolute atomic E-state index is 11.9. The van der Waals surface area contributed by atoms with Gasteiger partial charge in [-0.3, -0.25) is 15.3 Å². The molecular formula is C16H19ClN2O5. The Hall–Kier alpha value is -1.83. The van der Waals surface area contributed by atoms with Crippen molar-refractivity contribution in [2.45, 2.75) is 25.0 Å². The van der Waals surface area contributed by atoms with Crippen LogP contribution < -0.4 is 15.8 Å². The van der Waals surface area contributed by atoms with E-state index < -0.39 is 34.9 Å². The minimum absolute atomic E-state index is 0.364. The Kier molecular flexibility index (Phi) is 3.98. The van der Waals surface area contributed by atoms with E-state index in [2.05, 4.69) is 5.32 Å². The number of nitrogens with two attached hydrogens (primary N) is 1. The predicted molar refractivity (Wildman–Crippen MR) is 86.1 cm³/mol. The van der Waals surface area contributed by atoms with Gasteiger partial charge in [0, 0.05) is 41.9 Å². The van der Waals surface area contributed by atoms with Crippen molar-refractivity contribution in [1.29, 1.82) is 0 Å². The summed E-state index contributed by atoms with van der Waals surface area (Å²) >= 11 is 6.06. The molecule has 0 amide bonds. The number of aliphatic carboxylic acids is 2. The Labute approximate surface area is 143 Å². The van der Waals surface area contributed by atoms with Crippen molar-refractivity contribution in [3.63, 3.8) is 0 Å². The van der Waals surface area contributed by atoms with Crippen LogP contribution in [0.5, 0.6) is 5.75 Å². The number of halogens is 1. The molecule has 0 aliphatic carbocycles. The van der Waals surface area contributed by atoms with Crippen LogP contribution in [0.25, 0.3) is 0 Å². The summed E-state index contributed by atoms with van der Waals surface area (Å²) in [5, 5.41) is 23.0. The quantitative estimate of drug-likeness (QED) is 0.602. The number of piperidine rings is 1. The van der Waals surface area contributed by atoms with E-state index in [9.17, 15) is 19.8 Å². The van der Waals surface area contributed by atoms with Crippen molar-refractivity contribution in [2.24, 2.45) is 17.1 Å². The zero-order chi connectivity index (χ0) is 17.7. The highest BCUT2D eigenvalue weighted by Crippen LogP contribution is 2.53. The Morgan fingerprint density at radius 1 is 1.42 bits per heavy atom. The van der Waals surface area contributed by atoms with E-state index in [1.165, 1.54) is 6.92 Å². The maximum Gasteiger partial charge on any atom is 0.321 e. The van der Waals surface area contributed by atoms with Crippen molar-refractivity contribution in [3.8, 4) is 5.75 Å². The molecule has 1 aromatic carbocycles. The number of benzene rings is 1. The predicted octanol–water partition coefficient (Wildman–Crippen LogP) is 1.26. The summed E-state index contributed by atoms with van der Waals surface area (Å²) in [6.45, 7) is 2.19. The lowest BCUT2D eigenvalue weighted by molar-refractivity contribution is -0.170. The van der Waals surface area contributed by atoms with E-state index in [0.29, 0.717) is 35.8 Å². The van der Waals surface area contributed by atoms with Crippen LogP contribution in [0.4, 0.5) is 0 Å². The number of fused-ring (bicyclic) bond motifs is 2. The highest BCUT2D eigenvalue weighted by atomic mass is 35.5. The molecule has 24 heavy (non-hydrogen) atoms. The van der Waals surface area contributed by atoms with Gasteiger partial charge < -0.3 is 20.3 Å². The third kappa shape index (κ3) is 2.35. The number of hydrogen-bond acceptors (Lipinski definition) is 5. The summed E-state index contributed by atoms with van der Waals surface area (Å²) in [6, 6.07) is 4.79. The molecule has 0 bridgehead atoms. The molecule has 0 spiro atoms. The van der Waals surface area contributed by atoms with E-state index in [0.717, 1.165) is 0 Å². The van der Waals surface area contributed by atoms with E-state index >= 15 is 0 Å². The average Bonchev–Trinajstić information content (AvgIpc) is 2.51. The van der Waals surface area contributed by atoms with Crippen molar-refractivity contribution >= 4 is 23.5 Å². The molecule has 0 radical (unpaired) electrons. The van der Waals surface area contributed by atoms with Gasteiger partial charge in [-0.25, -0.2) is 0 Å². The summed E-state index contributed by atoms with van der Waals surface area (Å²) in [6.07, 6.45) is 0.450. The molecule has 1 aromatic rings. The van der Waals surface area contributed by atoms with Gasteiger partial charge in [0.05, 0.1) is 0 Å². The molecule has 0 aromatic heterocycles. The Morgan fingerprint density at radius 3 is 2.71 bits per heavy atom. The third-order valence-corrected chi connectivity index (χ3v) is 5.44. The molecule has 3 atom stereocenters. The van der Waals surface area contributed by atoms with Crippen LogP contribution in [0, 0.1) is 11.3 Å². The lowest BCUT2D eigenvalue weighted by atomic mass is 9.62. The monoisotopic (exact) mass is 354 g/mol. The van der Waals surface area contributed by atoms with Gasteiger partial charge >= 0.3 is 11.9 Å². The molecule has 1 saturated heterocycles. The lowest BCUT2D eigenvalue weighted by Gasteiger charge is -2.51. The summed E-state index contributed by atoms with van der Waals surface area (Å²) in [5.74, 6) is -3.84. The van der Waals surface area contributed by atoms with Crippen LogP contribution >= 0.6 is 11.6 Å². The lowest BCUT2D eigenvalue weighted by Crippen LogP contribution is -2.66. The normalized spacial score (nSPS) is 29.1. The number of rotatable bonds is 3. The van der Waals surface area contributed by atoms with Gasteiger partial charge in [-0.15, -0.1) is 0 Å². The zero-order valence-corrected chi connectivity index (χ0v) is 13.8. The standard InChI is InChI=1S/C16H19ClN2O5/c1-15(13(20)21,14(22)23)12-9-6-8(17)2-3-11(9)24-16(18)4-5-19-7-10(12)16/h2-3,6,10,12,19H,4-5,7,18H2,1H3,(H,20,21)(H,22,23). The van der Waals surface area contributed by atoms with Crippen LogP contribution in [0.2, 0.25) is 5.02 Å². The first-order chi connectivity index (χ1) is 11.2. The number of nitrogens with one attached hydrogen (secondary N) is 1. The van der Waals surface area contributed by atoms with Crippen molar-refractivity contribution in [2.75, 3.05) is 13.1 Å². The molecule has 3 unspecified atom stereocenters. The first kappa shape index (κ1) is 17.0. The minimum Gasteiger partial charge on any atom is -0.480 e. The fraction of sp³-hybridized carbons (Fsp3) is 0.500. The second-order valence-electron chi connectivity index (χ2n) is 6.59. The largest absolute Gasteiger partial charge is 0.480 e. The SMILES string of the molecule is CC(C(=O)O)(C(=O)O)C1c2cc(Cl)ccc2OC2(N)CCNCC12. The Bertz CT molecular complexity index is 696. The fourth-order valence-corrected chi connectivity index (χ4v) is 3.95. The molecule has 1 fully saturated rings. The molecule has 5 N–H and O–H groups in total. The van der Waals surface area contributed by atoms with Gasteiger partial charge in [0.2, 0.25) is 0 Å². The van der Waals surface area contributed by atoms with Crippen LogP contribution in [0.3, 0.4) is 0 Å².